The van der Waals surface area contributed by atoms with E-state index < -0.39 is 6.04 Å². The first-order valence-corrected chi connectivity index (χ1v) is 13.0. The van der Waals surface area contributed by atoms with Gasteiger partial charge in [0.1, 0.15) is 11.8 Å². The maximum atomic E-state index is 13.8. The predicted molar refractivity (Wildman–Crippen MR) is 146 cm³/mol. The average Bonchev–Trinajstić information content (AvgIpc) is 3.55. The molecule has 0 saturated carbocycles. The van der Waals surface area contributed by atoms with Crippen molar-refractivity contribution in [2.24, 2.45) is 10.9 Å². The van der Waals surface area contributed by atoms with Gasteiger partial charge < -0.3 is 30.3 Å². The Morgan fingerprint density at radius 1 is 1.23 bits per heavy atom. The van der Waals surface area contributed by atoms with E-state index >= 15 is 0 Å². The number of likely N-dealkylation sites (N-methyl/N-ethyl adjacent to an activating group) is 1. The molecule has 1 aliphatic carbocycles. The van der Waals surface area contributed by atoms with Crippen LogP contribution in [0.4, 0.5) is 0 Å². The number of carbonyl (C=O) groups is 3. The van der Waals surface area contributed by atoms with Crippen molar-refractivity contribution < 1.29 is 18.8 Å². The zero-order valence-electron chi connectivity index (χ0n) is 22.0. The van der Waals surface area contributed by atoms with Crippen molar-refractivity contribution in [2.45, 2.75) is 45.4 Å². The van der Waals surface area contributed by atoms with Gasteiger partial charge in [-0.15, -0.1) is 0 Å². The van der Waals surface area contributed by atoms with Crippen molar-refractivity contribution in [3.05, 3.63) is 82.7 Å². The number of para-hydroxylation sites is 1. The summed E-state index contributed by atoms with van der Waals surface area (Å²) < 4.78 is 5.68. The topological polar surface area (TPSA) is 132 Å². The molecule has 39 heavy (non-hydrogen) atoms. The number of nitrogens with zero attached hydrogens (tertiary/aromatic N) is 2. The Labute approximate surface area is 225 Å². The molecule has 4 heterocycles. The number of allylic oxidation sites excluding steroid dienone is 1. The molecule has 10 heteroatoms. The van der Waals surface area contributed by atoms with E-state index in [-0.39, 0.29) is 42.0 Å². The highest BCUT2D eigenvalue weighted by Gasteiger charge is 2.38. The molecule has 2 aliphatic heterocycles. The smallest absolute Gasteiger partial charge is 0.290 e. The molecule has 2 unspecified atom stereocenters. The first-order chi connectivity index (χ1) is 18.8. The molecule has 0 fully saturated rings. The SMILES string of the molecule is CNC(=O)[C@H]1Cc2c([nH]c3ccccc23)CN1C(=O)c1occc1CNC1=CC(C)C2NC(=O)C(C)=NC2=C1. The molecule has 0 spiro atoms. The number of aromatic amines is 1. The third-order valence-electron chi connectivity index (χ3n) is 7.74. The number of aliphatic imine (C=N–C) groups is 1. The zero-order chi connectivity index (χ0) is 27.3. The fourth-order valence-electron chi connectivity index (χ4n) is 5.67. The second kappa shape index (κ2) is 9.61. The maximum Gasteiger partial charge on any atom is 0.290 e. The Balaban J connectivity index is 1.24. The van der Waals surface area contributed by atoms with Crippen LogP contribution in [0.2, 0.25) is 0 Å². The number of rotatable bonds is 5. The van der Waals surface area contributed by atoms with Crippen molar-refractivity contribution >= 4 is 34.3 Å². The van der Waals surface area contributed by atoms with Gasteiger partial charge in [0.2, 0.25) is 5.91 Å². The monoisotopic (exact) mass is 526 g/mol. The van der Waals surface area contributed by atoms with Gasteiger partial charge in [-0.25, -0.2) is 0 Å². The molecule has 0 saturated heterocycles. The first-order valence-electron chi connectivity index (χ1n) is 13.0. The van der Waals surface area contributed by atoms with Crippen LogP contribution in [0.3, 0.4) is 0 Å². The van der Waals surface area contributed by atoms with E-state index in [1.54, 1.807) is 24.9 Å². The van der Waals surface area contributed by atoms with Crippen LogP contribution in [0.25, 0.3) is 10.9 Å². The molecule has 4 N–H and O–H groups in total. The van der Waals surface area contributed by atoms with Crippen LogP contribution in [-0.4, -0.2) is 52.4 Å². The summed E-state index contributed by atoms with van der Waals surface area (Å²) in [5, 5.41) is 10.2. The Morgan fingerprint density at radius 3 is 2.87 bits per heavy atom. The normalized spacial score (nSPS) is 22.2. The van der Waals surface area contributed by atoms with E-state index in [2.05, 4.69) is 25.9 Å². The predicted octanol–water partition coefficient (Wildman–Crippen LogP) is 2.54. The Hall–Kier alpha value is -4.60. The van der Waals surface area contributed by atoms with Crippen LogP contribution >= 0.6 is 0 Å². The van der Waals surface area contributed by atoms with Crippen LogP contribution in [0.15, 0.2) is 69.6 Å². The number of amides is 3. The molecule has 2 aromatic heterocycles. The highest BCUT2D eigenvalue weighted by Crippen LogP contribution is 2.32. The summed E-state index contributed by atoms with van der Waals surface area (Å²) in [6, 6.07) is 8.91. The van der Waals surface area contributed by atoms with E-state index in [1.807, 2.05) is 43.3 Å². The van der Waals surface area contributed by atoms with Crippen molar-refractivity contribution in [2.75, 3.05) is 7.05 Å². The van der Waals surface area contributed by atoms with Gasteiger partial charge in [0, 0.05) is 53.8 Å². The van der Waals surface area contributed by atoms with Gasteiger partial charge >= 0.3 is 0 Å². The highest BCUT2D eigenvalue weighted by molar-refractivity contribution is 6.38. The number of fused-ring (bicyclic) bond motifs is 4. The zero-order valence-corrected chi connectivity index (χ0v) is 22.0. The number of aromatic nitrogens is 1. The summed E-state index contributed by atoms with van der Waals surface area (Å²) in [6.07, 6.45) is 5.86. The minimum absolute atomic E-state index is 0.0471. The first kappa shape index (κ1) is 24.7. The average molecular weight is 527 g/mol. The summed E-state index contributed by atoms with van der Waals surface area (Å²) in [5.74, 6) is -0.462. The molecule has 3 atom stereocenters. The Kier molecular flexibility index (Phi) is 6.09. The molecular weight excluding hydrogens is 496 g/mol. The fraction of sp³-hybridized carbons (Fsp3) is 0.310. The molecule has 3 aromatic rings. The molecule has 0 bridgehead atoms. The number of hydrogen-bond acceptors (Lipinski definition) is 6. The van der Waals surface area contributed by atoms with Crippen LogP contribution in [0.5, 0.6) is 0 Å². The quantitative estimate of drug-likeness (QED) is 0.406. The van der Waals surface area contributed by atoms with Crippen molar-refractivity contribution in [1.82, 2.24) is 25.8 Å². The second-order valence-corrected chi connectivity index (χ2v) is 10.2. The van der Waals surface area contributed by atoms with Crippen LogP contribution < -0.4 is 16.0 Å². The van der Waals surface area contributed by atoms with Crippen LogP contribution in [0.1, 0.15) is 41.2 Å². The van der Waals surface area contributed by atoms with Crippen molar-refractivity contribution in [1.29, 1.82) is 0 Å². The fourth-order valence-corrected chi connectivity index (χ4v) is 5.67. The molecule has 3 amide bonds. The number of furan rings is 1. The molecule has 3 aliphatic rings. The molecule has 200 valence electrons. The molecule has 0 radical (unpaired) electrons. The minimum Gasteiger partial charge on any atom is -0.459 e. The van der Waals surface area contributed by atoms with Crippen LogP contribution in [-0.2, 0) is 29.1 Å². The van der Waals surface area contributed by atoms with E-state index in [0.717, 1.165) is 33.6 Å². The molecular formula is C29H30N6O4. The third-order valence-corrected chi connectivity index (χ3v) is 7.74. The lowest BCUT2D eigenvalue weighted by atomic mass is 9.91. The summed E-state index contributed by atoms with van der Waals surface area (Å²) in [5.41, 5.74) is 5.73. The summed E-state index contributed by atoms with van der Waals surface area (Å²) in [4.78, 5) is 48.2. The van der Waals surface area contributed by atoms with Crippen molar-refractivity contribution in [3.8, 4) is 0 Å². The number of benzene rings is 1. The van der Waals surface area contributed by atoms with Gasteiger partial charge in [-0.05, 0) is 30.7 Å². The van der Waals surface area contributed by atoms with E-state index in [0.29, 0.717) is 24.2 Å². The van der Waals surface area contributed by atoms with E-state index in [1.165, 1.54) is 6.26 Å². The summed E-state index contributed by atoms with van der Waals surface area (Å²) in [6.45, 7) is 4.33. The van der Waals surface area contributed by atoms with Crippen molar-refractivity contribution in [3.63, 3.8) is 0 Å². The van der Waals surface area contributed by atoms with E-state index in [4.69, 9.17) is 4.42 Å². The van der Waals surface area contributed by atoms with Gasteiger partial charge in [-0.1, -0.05) is 31.2 Å². The lowest BCUT2D eigenvalue weighted by Gasteiger charge is -2.34. The molecule has 10 nitrogen and oxygen atoms in total. The van der Waals surface area contributed by atoms with Crippen LogP contribution in [0, 0.1) is 5.92 Å². The molecule has 6 rings (SSSR count). The summed E-state index contributed by atoms with van der Waals surface area (Å²) >= 11 is 0. The van der Waals surface area contributed by atoms with Gasteiger partial charge in [0.25, 0.3) is 11.8 Å². The maximum absolute atomic E-state index is 13.8. The minimum atomic E-state index is -0.661. The van der Waals surface area contributed by atoms with E-state index in [9.17, 15) is 14.4 Å². The van der Waals surface area contributed by atoms with Gasteiger partial charge in [-0.3, -0.25) is 19.4 Å². The second-order valence-electron chi connectivity index (χ2n) is 10.2. The Bertz CT molecular complexity index is 1590. The van der Waals surface area contributed by atoms with Gasteiger partial charge in [-0.2, -0.15) is 0 Å². The number of H-pyrrole nitrogens is 1. The lowest BCUT2D eigenvalue weighted by molar-refractivity contribution is -0.125. The largest absolute Gasteiger partial charge is 0.459 e. The van der Waals surface area contributed by atoms with Gasteiger partial charge in [0.15, 0.2) is 5.76 Å². The highest BCUT2D eigenvalue weighted by atomic mass is 16.3. The third kappa shape index (κ3) is 4.31. The Morgan fingerprint density at radius 2 is 2.05 bits per heavy atom. The molecule has 1 aromatic carbocycles. The lowest BCUT2D eigenvalue weighted by Crippen LogP contribution is -2.52. The van der Waals surface area contributed by atoms with Gasteiger partial charge in [0.05, 0.1) is 24.5 Å². The number of carbonyl (C=O) groups excluding carboxylic acids is 3. The number of nitrogens with one attached hydrogen (secondary N) is 4. The number of hydrogen-bond donors (Lipinski definition) is 4. The standard InChI is InChI=1S/C29H30N6O4/c1-15-10-18(11-22-25(15)34-27(36)16(2)32-22)31-13-17-8-9-39-26(17)29(38)35-14-23-20(12-24(35)28(37)30-3)19-6-4-5-7-21(19)33-23/h4-11,15,24-25,31,33H,12-14H2,1-3H3,(H,30,37)(H,34,36)/t15?,24-,25?/m1/s1. The summed E-state index contributed by atoms with van der Waals surface area (Å²) in [7, 11) is 1.58.